The minimum atomic E-state index is -0.276. The molecule has 0 spiro atoms. The molecule has 4 heteroatoms. The second kappa shape index (κ2) is 7.26. The van der Waals surface area contributed by atoms with Crippen LogP contribution in [0.2, 0.25) is 0 Å². The Morgan fingerprint density at radius 1 is 1.47 bits per heavy atom. The lowest BCUT2D eigenvalue weighted by Crippen LogP contribution is -2.26. The summed E-state index contributed by atoms with van der Waals surface area (Å²) < 4.78 is 5.37. The molecule has 1 heterocycles. The van der Waals surface area contributed by atoms with Crippen LogP contribution in [0.25, 0.3) is 0 Å². The van der Waals surface area contributed by atoms with E-state index in [1.807, 2.05) is 18.2 Å². The van der Waals surface area contributed by atoms with Crippen LogP contribution < -0.4 is 10.6 Å². The predicted octanol–water partition coefficient (Wildman–Crippen LogP) is 2.30. The van der Waals surface area contributed by atoms with E-state index in [0.717, 1.165) is 38.0 Å². The van der Waals surface area contributed by atoms with Gasteiger partial charge in [-0.15, -0.1) is 0 Å². The first kappa shape index (κ1) is 14.0. The van der Waals surface area contributed by atoms with Crippen LogP contribution in [0.1, 0.15) is 31.7 Å². The minimum absolute atomic E-state index is 0.0313. The number of carbonyl (C=O) groups is 1. The Balaban J connectivity index is 1.88. The first-order valence-electron chi connectivity index (χ1n) is 7.01. The van der Waals surface area contributed by atoms with Crippen molar-refractivity contribution >= 4 is 11.6 Å². The average Bonchev–Trinajstić information content (AvgIpc) is 2.93. The number of amides is 1. The Morgan fingerprint density at radius 2 is 2.37 bits per heavy atom. The molecule has 104 valence electrons. The number of hydrogen-bond acceptors (Lipinski definition) is 3. The highest BCUT2D eigenvalue weighted by Gasteiger charge is 2.23. The van der Waals surface area contributed by atoms with E-state index in [4.69, 9.17) is 4.74 Å². The Morgan fingerprint density at radius 3 is 3.11 bits per heavy atom. The van der Waals surface area contributed by atoms with Crippen molar-refractivity contribution in [3.05, 3.63) is 29.8 Å². The molecule has 2 rings (SSSR count). The fourth-order valence-corrected chi connectivity index (χ4v) is 2.18. The van der Waals surface area contributed by atoms with Gasteiger partial charge < -0.3 is 15.4 Å². The molecular weight excluding hydrogens is 240 g/mol. The van der Waals surface area contributed by atoms with Gasteiger partial charge in [0.25, 0.3) is 5.91 Å². The van der Waals surface area contributed by atoms with Gasteiger partial charge in [0.15, 0.2) is 0 Å². The number of hydrogen-bond donors (Lipinski definition) is 2. The third-order valence-electron chi connectivity index (χ3n) is 3.17. The van der Waals surface area contributed by atoms with E-state index in [0.29, 0.717) is 6.61 Å². The van der Waals surface area contributed by atoms with Gasteiger partial charge in [-0.05, 0) is 43.5 Å². The highest BCUT2D eigenvalue weighted by Crippen LogP contribution is 2.16. The number of rotatable bonds is 6. The van der Waals surface area contributed by atoms with Crippen molar-refractivity contribution in [3.8, 4) is 0 Å². The Labute approximate surface area is 114 Å². The van der Waals surface area contributed by atoms with E-state index in [1.54, 1.807) is 0 Å². The third-order valence-corrected chi connectivity index (χ3v) is 3.17. The first-order valence-corrected chi connectivity index (χ1v) is 7.01. The SMILES string of the molecule is CCCNCc1cccc(NC(=O)C2CCCO2)c1. The molecule has 0 radical (unpaired) electrons. The lowest BCUT2D eigenvalue weighted by Gasteiger charge is -2.11. The van der Waals surface area contributed by atoms with Crippen LogP contribution in [0.5, 0.6) is 0 Å². The summed E-state index contributed by atoms with van der Waals surface area (Å²) in [6.07, 6.45) is 2.64. The van der Waals surface area contributed by atoms with Crippen molar-refractivity contribution in [3.63, 3.8) is 0 Å². The maximum Gasteiger partial charge on any atom is 0.253 e. The first-order chi connectivity index (χ1) is 9.29. The fourth-order valence-electron chi connectivity index (χ4n) is 2.18. The van der Waals surface area contributed by atoms with Crippen LogP contribution in [0.3, 0.4) is 0 Å². The predicted molar refractivity (Wildman–Crippen MR) is 76.0 cm³/mol. The van der Waals surface area contributed by atoms with E-state index < -0.39 is 0 Å². The highest BCUT2D eigenvalue weighted by molar-refractivity contribution is 5.94. The molecule has 0 saturated carbocycles. The molecule has 1 aromatic rings. The van der Waals surface area contributed by atoms with E-state index in [1.165, 1.54) is 5.56 Å². The topological polar surface area (TPSA) is 50.4 Å². The molecule has 1 saturated heterocycles. The lowest BCUT2D eigenvalue weighted by atomic mass is 10.2. The summed E-state index contributed by atoms with van der Waals surface area (Å²) >= 11 is 0. The summed E-state index contributed by atoms with van der Waals surface area (Å²) in [5, 5.41) is 6.27. The second-order valence-corrected chi connectivity index (χ2v) is 4.87. The number of ether oxygens (including phenoxy) is 1. The largest absolute Gasteiger partial charge is 0.368 e. The number of carbonyl (C=O) groups excluding carboxylic acids is 1. The standard InChI is InChI=1S/C15H22N2O2/c1-2-8-16-11-12-5-3-6-13(10-12)17-15(18)14-7-4-9-19-14/h3,5-6,10,14,16H,2,4,7-9,11H2,1H3,(H,17,18). The van der Waals surface area contributed by atoms with E-state index in [9.17, 15) is 4.79 Å². The van der Waals surface area contributed by atoms with Crippen molar-refractivity contribution < 1.29 is 9.53 Å². The van der Waals surface area contributed by atoms with Crippen LogP contribution in [0, 0.1) is 0 Å². The van der Waals surface area contributed by atoms with Crippen LogP contribution in [-0.2, 0) is 16.1 Å². The molecule has 1 amide bonds. The van der Waals surface area contributed by atoms with Crippen molar-refractivity contribution in [1.82, 2.24) is 5.32 Å². The summed E-state index contributed by atoms with van der Waals surface area (Å²) in [5.74, 6) is -0.0313. The summed E-state index contributed by atoms with van der Waals surface area (Å²) in [5.41, 5.74) is 2.02. The minimum Gasteiger partial charge on any atom is -0.368 e. The summed E-state index contributed by atoms with van der Waals surface area (Å²) in [7, 11) is 0. The second-order valence-electron chi connectivity index (χ2n) is 4.87. The average molecular weight is 262 g/mol. The Kier molecular flexibility index (Phi) is 5.36. The van der Waals surface area contributed by atoms with Crippen molar-refractivity contribution in [2.75, 3.05) is 18.5 Å². The number of nitrogens with one attached hydrogen (secondary N) is 2. The monoisotopic (exact) mass is 262 g/mol. The zero-order valence-electron chi connectivity index (χ0n) is 11.4. The molecule has 1 atom stereocenters. The van der Waals surface area contributed by atoms with Gasteiger partial charge in [-0.1, -0.05) is 19.1 Å². The van der Waals surface area contributed by atoms with Crippen LogP contribution in [0.4, 0.5) is 5.69 Å². The maximum absolute atomic E-state index is 11.9. The van der Waals surface area contributed by atoms with E-state index in [-0.39, 0.29) is 12.0 Å². The summed E-state index contributed by atoms with van der Waals surface area (Å²) in [4.78, 5) is 11.9. The van der Waals surface area contributed by atoms with Gasteiger partial charge in [-0.3, -0.25) is 4.79 Å². The quantitative estimate of drug-likeness (QED) is 0.773. The summed E-state index contributed by atoms with van der Waals surface area (Å²) in [6, 6.07) is 7.95. The maximum atomic E-state index is 11.9. The zero-order valence-corrected chi connectivity index (χ0v) is 11.4. The third kappa shape index (κ3) is 4.33. The van der Waals surface area contributed by atoms with E-state index in [2.05, 4.69) is 23.6 Å². The molecule has 2 N–H and O–H groups in total. The van der Waals surface area contributed by atoms with Gasteiger partial charge in [0.2, 0.25) is 0 Å². The van der Waals surface area contributed by atoms with Crippen molar-refractivity contribution in [2.45, 2.75) is 38.8 Å². The van der Waals surface area contributed by atoms with Gasteiger partial charge in [-0.2, -0.15) is 0 Å². The van der Waals surface area contributed by atoms with E-state index >= 15 is 0 Å². The Bertz CT molecular complexity index is 414. The van der Waals surface area contributed by atoms with Crippen molar-refractivity contribution in [2.24, 2.45) is 0 Å². The van der Waals surface area contributed by atoms with Gasteiger partial charge in [0, 0.05) is 18.8 Å². The van der Waals surface area contributed by atoms with Gasteiger partial charge >= 0.3 is 0 Å². The number of anilines is 1. The Hall–Kier alpha value is -1.39. The normalized spacial score (nSPS) is 18.5. The molecule has 4 nitrogen and oxygen atoms in total. The van der Waals surface area contributed by atoms with Gasteiger partial charge in [0.05, 0.1) is 0 Å². The van der Waals surface area contributed by atoms with Gasteiger partial charge in [0.1, 0.15) is 6.10 Å². The molecule has 1 aliphatic heterocycles. The fraction of sp³-hybridized carbons (Fsp3) is 0.533. The molecule has 0 bridgehead atoms. The van der Waals surface area contributed by atoms with Crippen LogP contribution in [0.15, 0.2) is 24.3 Å². The van der Waals surface area contributed by atoms with Crippen LogP contribution in [-0.4, -0.2) is 25.2 Å². The molecule has 1 unspecified atom stereocenters. The zero-order chi connectivity index (χ0) is 13.5. The van der Waals surface area contributed by atoms with Gasteiger partial charge in [-0.25, -0.2) is 0 Å². The molecular formula is C15H22N2O2. The smallest absolute Gasteiger partial charge is 0.253 e. The molecule has 1 fully saturated rings. The molecule has 1 aliphatic rings. The molecule has 0 aliphatic carbocycles. The molecule has 0 aromatic heterocycles. The lowest BCUT2D eigenvalue weighted by molar-refractivity contribution is -0.124. The van der Waals surface area contributed by atoms with Crippen molar-refractivity contribution in [1.29, 1.82) is 0 Å². The number of benzene rings is 1. The van der Waals surface area contributed by atoms with Crippen LogP contribution >= 0.6 is 0 Å². The summed E-state index contributed by atoms with van der Waals surface area (Å²) in [6.45, 7) is 4.67. The molecule has 1 aromatic carbocycles. The molecule has 19 heavy (non-hydrogen) atoms. The highest BCUT2D eigenvalue weighted by atomic mass is 16.5.